The first-order valence-corrected chi connectivity index (χ1v) is 8.46. The number of piperidine rings is 1. The molecule has 17 heavy (non-hydrogen) atoms. The molecule has 0 aliphatic carbocycles. The number of nitrogens with zero attached hydrogens (tertiary/aromatic N) is 1. The summed E-state index contributed by atoms with van der Waals surface area (Å²) in [7, 11) is 0. The molecule has 0 aromatic rings. The van der Waals surface area contributed by atoms with Gasteiger partial charge in [0.25, 0.3) is 0 Å². The molecule has 1 atom stereocenters. The highest BCUT2D eigenvalue weighted by atomic mass is 32.2. The Labute approximate surface area is 111 Å². The first kappa shape index (κ1) is 13.7. The minimum Gasteiger partial charge on any atom is -0.314 e. The van der Waals surface area contributed by atoms with Crippen LogP contribution in [0.2, 0.25) is 0 Å². The summed E-state index contributed by atoms with van der Waals surface area (Å²) >= 11 is 2.14. The molecule has 0 saturated carbocycles. The van der Waals surface area contributed by atoms with Gasteiger partial charge in [-0.3, -0.25) is 0 Å². The molecular weight excluding hydrogens is 228 g/mol. The lowest BCUT2D eigenvalue weighted by Crippen LogP contribution is -2.46. The Morgan fingerprint density at radius 1 is 1.24 bits per heavy atom. The summed E-state index contributed by atoms with van der Waals surface area (Å²) < 4.78 is 0. The lowest BCUT2D eigenvalue weighted by molar-refractivity contribution is 0.115. The van der Waals surface area contributed by atoms with Crippen LogP contribution < -0.4 is 5.32 Å². The van der Waals surface area contributed by atoms with Crippen LogP contribution in [0, 0.1) is 5.92 Å². The van der Waals surface area contributed by atoms with Crippen molar-refractivity contribution in [2.24, 2.45) is 5.92 Å². The molecule has 2 nitrogen and oxygen atoms in total. The van der Waals surface area contributed by atoms with Crippen LogP contribution in [0.1, 0.15) is 39.5 Å². The SMILES string of the molecule is CC(C)NCC1CCCN(C2CCSCC2)C1. The zero-order chi connectivity index (χ0) is 12.1. The van der Waals surface area contributed by atoms with E-state index in [4.69, 9.17) is 0 Å². The van der Waals surface area contributed by atoms with E-state index in [2.05, 4.69) is 35.8 Å². The van der Waals surface area contributed by atoms with Crippen LogP contribution in [0.5, 0.6) is 0 Å². The highest BCUT2D eigenvalue weighted by Gasteiger charge is 2.26. The van der Waals surface area contributed by atoms with Gasteiger partial charge in [0.05, 0.1) is 0 Å². The second-order valence-corrected chi connectivity index (χ2v) is 7.13. The van der Waals surface area contributed by atoms with Crippen molar-refractivity contribution in [1.82, 2.24) is 10.2 Å². The van der Waals surface area contributed by atoms with Crippen LogP contribution >= 0.6 is 11.8 Å². The molecule has 0 bridgehead atoms. The van der Waals surface area contributed by atoms with Gasteiger partial charge in [-0.2, -0.15) is 11.8 Å². The normalized spacial score (nSPS) is 28.8. The second kappa shape index (κ2) is 7.01. The molecule has 1 N–H and O–H groups in total. The Morgan fingerprint density at radius 2 is 2.00 bits per heavy atom. The minimum atomic E-state index is 0.636. The van der Waals surface area contributed by atoms with Crippen LogP contribution in [-0.4, -0.2) is 48.1 Å². The average Bonchev–Trinajstić information content (AvgIpc) is 2.38. The standard InChI is InChI=1S/C14H28N2S/c1-12(2)15-10-13-4-3-7-16(11-13)14-5-8-17-9-6-14/h12-15H,3-11H2,1-2H3. The van der Waals surface area contributed by atoms with Gasteiger partial charge >= 0.3 is 0 Å². The number of likely N-dealkylation sites (tertiary alicyclic amines) is 1. The van der Waals surface area contributed by atoms with Gasteiger partial charge in [-0.05, 0) is 56.2 Å². The van der Waals surface area contributed by atoms with Gasteiger partial charge < -0.3 is 10.2 Å². The third kappa shape index (κ3) is 4.46. The molecule has 2 heterocycles. The zero-order valence-corrected chi connectivity index (χ0v) is 12.3. The van der Waals surface area contributed by atoms with E-state index in [-0.39, 0.29) is 0 Å². The van der Waals surface area contributed by atoms with Crippen molar-refractivity contribution >= 4 is 11.8 Å². The lowest BCUT2D eigenvalue weighted by atomic mass is 9.95. The van der Waals surface area contributed by atoms with Crippen LogP contribution in [0.15, 0.2) is 0 Å². The van der Waals surface area contributed by atoms with Gasteiger partial charge in [-0.15, -0.1) is 0 Å². The molecule has 0 aromatic carbocycles. The predicted molar refractivity (Wildman–Crippen MR) is 77.8 cm³/mol. The molecule has 2 fully saturated rings. The van der Waals surface area contributed by atoms with Crippen molar-refractivity contribution in [2.75, 3.05) is 31.1 Å². The summed E-state index contributed by atoms with van der Waals surface area (Å²) in [5.74, 6) is 3.66. The van der Waals surface area contributed by atoms with Gasteiger partial charge in [-0.25, -0.2) is 0 Å². The van der Waals surface area contributed by atoms with Gasteiger partial charge in [0.1, 0.15) is 0 Å². The number of hydrogen-bond acceptors (Lipinski definition) is 3. The Morgan fingerprint density at radius 3 is 2.71 bits per heavy atom. The second-order valence-electron chi connectivity index (χ2n) is 5.91. The summed E-state index contributed by atoms with van der Waals surface area (Å²) in [5, 5.41) is 3.61. The topological polar surface area (TPSA) is 15.3 Å². The Hall–Kier alpha value is 0.270. The number of thioether (sulfide) groups is 1. The van der Waals surface area contributed by atoms with E-state index >= 15 is 0 Å². The highest BCUT2D eigenvalue weighted by molar-refractivity contribution is 7.99. The zero-order valence-electron chi connectivity index (χ0n) is 11.5. The number of hydrogen-bond donors (Lipinski definition) is 1. The maximum Gasteiger partial charge on any atom is 0.0111 e. The minimum absolute atomic E-state index is 0.636. The molecule has 0 aromatic heterocycles. The summed E-state index contributed by atoms with van der Waals surface area (Å²) in [6.07, 6.45) is 5.69. The van der Waals surface area contributed by atoms with E-state index < -0.39 is 0 Å². The molecule has 1 unspecified atom stereocenters. The molecule has 0 spiro atoms. The van der Waals surface area contributed by atoms with Crippen LogP contribution in [0.3, 0.4) is 0 Å². The van der Waals surface area contributed by atoms with Crippen molar-refractivity contribution in [3.05, 3.63) is 0 Å². The number of nitrogens with one attached hydrogen (secondary N) is 1. The van der Waals surface area contributed by atoms with E-state index in [1.54, 1.807) is 0 Å². The quantitative estimate of drug-likeness (QED) is 0.832. The summed E-state index contributed by atoms with van der Waals surface area (Å²) in [6, 6.07) is 1.54. The fourth-order valence-corrected chi connectivity index (χ4v) is 4.13. The first-order chi connectivity index (χ1) is 8.25. The molecule has 2 aliphatic rings. The molecule has 2 saturated heterocycles. The van der Waals surface area contributed by atoms with Crippen molar-refractivity contribution in [3.8, 4) is 0 Å². The molecule has 0 radical (unpaired) electrons. The van der Waals surface area contributed by atoms with Crippen molar-refractivity contribution in [1.29, 1.82) is 0 Å². The van der Waals surface area contributed by atoms with Gasteiger partial charge in [0, 0.05) is 18.6 Å². The molecule has 2 rings (SSSR count). The first-order valence-electron chi connectivity index (χ1n) is 7.31. The average molecular weight is 256 g/mol. The van der Waals surface area contributed by atoms with E-state index in [1.165, 1.54) is 56.8 Å². The van der Waals surface area contributed by atoms with Crippen LogP contribution in [-0.2, 0) is 0 Å². The molecular formula is C14H28N2S. The largest absolute Gasteiger partial charge is 0.314 e. The van der Waals surface area contributed by atoms with E-state index in [0.29, 0.717) is 6.04 Å². The Balaban J connectivity index is 1.75. The fraction of sp³-hybridized carbons (Fsp3) is 1.00. The van der Waals surface area contributed by atoms with E-state index in [1.807, 2.05) is 0 Å². The van der Waals surface area contributed by atoms with Crippen molar-refractivity contribution < 1.29 is 0 Å². The fourth-order valence-electron chi connectivity index (χ4n) is 3.05. The van der Waals surface area contributed by atoms with Gasteiger partial charge in [0.15, 0.2) is 0 Å². The van der Waals surface area contributed by atoms with E-state index in [9.17, 15) is 0 Å². The summed E-state index contributed by atoms with van der Waals surface area (Å²) in [4.78, 5) is 2.79. The lowest BCUT2D eigenvalue weighted by Gasteiger charge is -2.40. The third-order valence-corrected chi connectivity index (χ3v) is 5.12. The molecule has 0 amide bonds. The van der Waals surface area contributed by atoms with Crippen molar-refractivity contribution in [2.45, 2.75) is 51.6 Å². The maximum atomic E-state index is 3.61. The van der Waals surface area contributed by atoms with Gasteiger partial charge in [0.2, 0.25) is 0 Å². The summed E-state index contributed by atoms with van der Waals surface area (Å²) in [5.41, 5.74) is 0. The summed E-state index contributed by atoms with van der Waals surface area (Å²) in [6.45, 7) is 8.41. The maximum absolute atomic E-state index is 3.61. The predicted octanol–water partition coefficient (Wildman–Crippen LogP) is 2.59. The van der Waals surface area contributed by atoms with Crippen LogP contribution in [0.25, 0.3) is 0 Å². The van der Waals surface area contributed by atoms with Crippen LogP contribution in [0.4, 0.5) is 0 Å². The third-order valence-electron chi connectivity index (χ3n) is 4.07. The Bertz CT molecular complexity index is 214. The molecule has 100 valence electrons. The highest BCUT2D eigenvalue weighted by Crippen LogP contribution is 2.26. The van der Waals surface area contributed by atoms with Crippen molar-refractivity contribution in [3.63, 3.8) is 0 Å². The van der Waals surface area contributed by atoms with E-state index in [0.717, 1.165) is 12.0 Å². The molecule has 3 heteroatoms. The number of rotatable bonds is 4. The Kier molecular flexibility index (Phi) is 5.64. The van der Waals surface area contributed by atoms with Gasteiger partial charge in [-0.1, -0.05) is 13.8 Å². The monoisotopic (exact) mass is 256 g/mol. The molecule has 2 aliphatic heterocycles. The smallest absolute Gasteiger partial charge is 0.0111 e.